The average Bonchev–Trinajstić information content (AvgIpc) is 2.64. The predicted molar refractivity (Wildman–Crippen MR) is 45.0 cm³/mol. The van der Waals surface area contributed by atoms with E-state index in [1.54, 1.807) is 13.8 Å². The van der Waals surface area contributed by atoms with Gasteiger partial charge in [0.05, 0.1) is 0 Å². The molecule has 1 aliphatic heterocycles. The highest BCUT2D eigenvalue weighted by Gasteiger charge is 2.06. The zero-order valence-electron chi connectivity index (χ0n) is 7.40. The highest BCUT2D eigenvalue weighted by Crippen LogP contribution is 1.82. The first-order valence-electron chi connectivity index (χ1n) is 3.69. The molecule has 2 heterocycles. The fraction of sp³-hybridized carbons (Fsp3) is 0.500. The maximum Gasteiger partial charge on any atom is 0.246 e. The van der Waals surface area contributed by atoms with Gasteiger partial charge in [-0.05, 0) is 13.8 Å². The molecular formula is C6H10N6O. The Labute approximate surface area is 74.6 Å². The number of nitrogens with one attached hydrogen (secondary N) is 2. The number of nitrogens with zero attached hydrogens (tertiary/aromatic N) is 4. The summed E-state index contributed by atoms with van der Waals surface area (Å²) in [4.78, 5) is 14.0. The molecule has 1 aromatic heterocycles. The molecule has 0 radical (unpaired) electrons. The number of amides is 1. The van der Waals surface area contributed by atoms with Crippen LogP contribution in [0.5, 0.6) is 0 Å². The molecule has 0 aromatic carbocycles. The van der Waals surface area contributed by atoms with Crippen molar-refractivity contribution < 1.29 is 4.79 Å². The lowest BCUT2D eigenvalue weighted by molar-refractivity contribution is -0.117. The molecule has 1 amide bonds. The molecule has 13 heavy (non-hydrogen) atoms. The molecule has 0 fully saturated rings. The second-order valence-electron chi connectivity index (χ2n) is 2.41. The Morgan fingerprint density at radius 2 is 2.15 bits per heavy atom. The third-order valence-corrected chi connectivity index (χ3v) is 1.23. The van der Waals surface area contributed by atoms with E-state index in [4.69, 9.17) is 0 Å². The zero-order chi connectivity index (χ0) is 9.68. The van der Waals surface area contributed by atoms with Crippen LogP contribution in [-0.2, 0) is 4.79 Å². The molecule has 1 aromatic rings. The Morgan fingerprint density at radius 3 is 2.31 bits per heavy atom. The summed E-state index contributed by atoms with van der Waals surface area (Å²) in [6.45, 7) is 3.85. The van der Waals surface area contributed by atoms with Gasteiger partial charge in [0.25, 0.3) is 0 Å². The Bertz CT molecular complexity index is 303. The number of hydrogen-bond donors (Lipinski definition) is 2. The molecule has 0 saturated heterocycles. The van der Waals surface area contributed by atoms with Crippen molar-refractivity contribution in [2.75, 3.05) is 6.54 Å². The van der Waals surface area contributed by atoms with E-state index in [2.05, 4.69) is 30.9 Å². The topological polar surface area (TPSA) is 95.9 Å². The molecule has 0 saturated carbocycles. The number of hydrogen-bond acceptors (Lipinski definition) is 5. The molecule has 0 unspecified atom stereocenters. The van der Waals surface area contributed by atoms with Crippen molar-refractivity contribution in [1.29, 1.82) is 0 Å². The Balaban J connectivity index is 0.000000132. The van der Waals surface area contributed by atoms with Gasteiger partial charge in [-0.15, -0.1) is 10.2 Å². The average molecular weight is 182 g/mol. The van der Waals surface area contributed by atoms with Gasteiger partial charge in [-0.3, -0.25) is 9.79 Å². The number of aromatic amines is 1. The lowest BCUT2D eigenvalue weighted by Gasteiger charge is -1.84. The van der Waals surface area contributed by atoms with E-state index >= 15 is 0 Å². The van der Waals surface area contributed by atoms with Gasteiger partial charge in [-0.25, -0.2) is 0 Å². The lowest BCUT2D eigenvalue weighted by Crippen LogP contribution is -2.21. The van der Waals surface area contributed by atoms with Crippen LogP contribution >= 0.6 is 0 Å². The van der Waals surface area contributed by atoms with Crippen molar-refractivity contribution in [3.05, 3.63) is 5.82 Å². The first kappa shape index (κ1) is 9.30. The Morgan fingerprint density at radius 1 is 1.38 bits per heavy atom. The molecule has 0 spiro atoms. The van der Waals surface area contributed by atoms with Crippen molar-refractivity contribution >= 4 is 11.7 Å². The third kappa shape index (κ3) is 3.41. The largest absolute Gasteiger partial charge is 0.313 e. The summed E-state index contributed by atoms with van der Waals surface area (Å²) in [5.41, 5.74) is 0. The van der Waals surface area contributed by atoms with Crippen molar-refractivity contribution in [3.8, 4) is 0 Å². The molecule has 2 N–H and O–H groups in total. The van der Waals surface area contributed by atoms with E-state index < -0.39 is 0 Å². The number of carbonyl (C=O) groups is 1. The van der Waals surface area contributed by atoms with Crippen LogP contribution in [0.3, 0.4) is 0 Å². The number of carbonyl (C=O) groups excluding carboxylic acids is 1. The van der Waals surface area contributed by atoms with Gasteiger partial charge in [0.1, 0.15) is 12.4 Å². The number of aryl methyl sites for hydroxylation is 1. The van der Waals surface area contributed by atoms with Crippen molar-refractivity contribution in [2.24, 2.45) is 4.99 Å². The van der Waals surface area contributed by atoms with Crippen molar-refractivity contribution in [1.82, 2.24) is 25.9 Å². The van der Waals surface area contributed by atoms with Crippen LogP contribution in [0.2, 0.25) is 0 Å². The van der Waals surface area contributed by atoms with Crippen LogP contribution in [0.15, 0.2) is 4.99 Å². The maximum absolute atomic E-state index is 10.2. The lowest BCUT2D eigenvalue weighted by atomic mass is 10.6. The first-order chi connectivity index (χ1) is 6.18. The molecule has 7 nitrogen and oxygen atoms in total. The zero-order valence-corrected chi connectivity index (χ0v) is 7.40. The van der Waals surface area contributed by atoms with E-state index in [0.29, 0.717) is 12.4 Å². The van der Waals surface area contributed by atoms with E-state index in [9.17, 15) is 4.79 Å². The molecule has 2 rings (SSSR count). The van der Waals surface area contributed by atoms with Crippen LogP contribution in [0.1, 0.15) is 12.7 Å². The summed E-state index contributed by atoms with van der Waals surface area (Å²) in [6, 6.07) is 0. The number of rotatable bonds is 0. The van der Waals surface area contributed by atoms with E-state index in [-0.39, 0.29) is 5.91 Å². The number of aromatic nitrogens is 4. The van der Waals surface area contributed by atoms with Gasteiger partial charge in [-0.2, -0.15) is 5.21 Å². The summed E-state index contributed by atoms with van der Waals surface area (Å²) in [7, 11) is 0. The minimum absolute atomic E-state index is 0.00231. The first-order valence-corrected chi connectivity index (χ1v) is 3.69. The fourth-order valence-corrected chi connectivity index (χ4v) is 0.683. The normalized spacial score (nSPS) is 14.3. The molecule has 70 valence electrons. The van der Waals surface area contributed by atoms with Gasteiger partial charge >= 0.3 is 0 Å². The van der Waals surface area contributed by atoms with E-state index in [0.717, 1.165) is 5.84 Å². The van der Waals surface area contributed by atoms with E-state index in [1.807, 2.05) is 0 Å². The summed E-state index contributed by atoms with van der Waals surface area (Å²) >= 11 is 0. The molecular weight excluding hydrogens is 172 g/mol. The summed E-state index contributed by atoms with van der Waals surface area (Å²) < 4.78 is 0. The van der Waals surface area contributed by atoms with Crippen molar-refractivity contribution in [3.63, 3.8) is 0 Å². The predicted octanol–water partition coefficient (Wildman–Crippen LogP) is -0.957. The second-order valence-corrected chi connectivity index (χ2v) is 2.41. The number of tetrazole rings is 1. The Hall–Kier alpha value is -1.79. The number of aliphatic imine (C=N–C) groups is 1. The third-order valence-electron chi connectivity index (χ3n) is 1.23. The van der Waals surface area contributed by atoms with Crippen LogP contribution in [0.25, 0.3) is 0 Å². The van der Waals surface area contributed by atoms with Crippen molar-refractivity contribution in [2.45, 2.75) is 13.8 Å². The maximum atomic E-state index is 10.2. The number of amidine groups is 1. The smallest absolute Gasteiger partial charge is 0.246 e. The minimum atomic E-state index is -0.00231. The Kier molecular flexibility index (Phi) is 3.07. The standard InChI is InChI=1S/C4H6N2O.C2H4N4/c1-3-5-2-4(7)6-3;1-2-3-5-6-4-2/h2H2,1H3,(H,5,6,7);1H3,(H,3,4,5,6). The fourth-order valence-electron chi connectivity index (χ4n) is 0.683. The van der Waals surface area contributed by atoms with Crippen LogP contribution in [-0.4, -0.2) is 38.9 Å². The van der Waals surface area contributed by atoms with Gasteiger partial charge in [0.2, 0.25) is 5.91 Å². The monoisotopic (exact) mass is 182 g/mol. The highest BCUT2D eigenvalue weighted by molar-refractivity contribution is 6.02. The SMILES string of the molecule is CC1=NCC(=O)N1.Cc1nn[nH]n1. The van der Waals surface area contributed by atoms with Gasteiger partial charge in [0, 0.05) is 0 Å². The summed E-state index contributed by atoms with van der Waals surface area (Å²) in [5, 5.41) is 15.3. The van der Waals surface area contributed by atoms with Gasteiger partial charge in [-0.1, -0.05) is 5.21 Å². The number of H-pyrrole nitrogens is 1. The van der Waals surface area contributed by atoms with Crippen LogP contribution in [0, 0.1) is 6.92 Å². The highest BCUT2D eigenvalue weighted by atomic mass is 16.2. The van der Waals surface area contributed by atoms with Gasteiger partial charge in [0.15, 0.2) is 5.82 Å². The summed E-state index contributed by atoms with van der Waals surface area (Å²) in [5.74, 6) is 1.40. The minimum Gasteiger partial charge on any atom is -0.313 e. The van der Waals surface area contributed by atoms with E-state index in [1.165, 1.54) is 0 Å². The molecule has 0 aliphatic carbocycles. The molecule has 0 atom stereocenters. The molecule has 1 aliphatic rings. The van der Waals surface area contributed by atoms with Crippen LogP contribution in [0.4, 0.5) is 0 Å². The molecule has 0 bridgehead atoms. The summed E-state index contributed by atoms with van der Waals surface area (Å²) in [6.07, 6.45) is 0. The quantitative estimate of drug-likeness (QED) is 0.540. The molecule has 7 heteroatoms. The second kappa shape index (κ2) is 4.29. The van der Waals surface area contributed by atoms with Gasteiger partial charge < -0.3 is 5.32 Å². The van der Waals surface area contributed by atoms with Crippen LogP contribution < -0.4 is 5.32 Å².